The summed E-state index contributed by atoms with van der Waals surface area (Å²) >= 11 is 0. The van der Waals surface area contributed by atoms with Gasteiger partial charge in [-0.3, -0.25) is 9.35 Å². The molecule has 2 aromatic rings. The second-order valence-electron chi connectivity index (χ2n) is 6.91. The van der Waals surface area contributed by atoms with E-state index in [2.05, 4.69) is 9.69 Å². The van der Waals surface area contributed by atoms with Gasteiger partial charge >= 0.3 is 0 Å². The minimum Gasteiger partial charge on any atom is -0.494 e. The smallest absolute Gasteiger partial charge is 0.295 e. The molecule has 12 heteroatoms. The standard InChI is InChI=1S/C24H18N4O7S/c1-27-19(14-25)17-13-23(35-11-9-29)18(20(15-26)28-2)12-22(17)34-10-5-7-21(30)16-6-3-4-8-24(16)36(31,32)33/h3-4,6,8,12-13,29H,5,7,9-11H2,(H,31,32,33)/b19-17+,20-18-. The lowest BCUT2D eigenvalue weighted by atomic mass is 10.1. The largest absolute Gasteiger partial charge is 0.494 e. The Bertz CT molecular complexity index is 1540. The molecule has 0 aliphatic carbocycles. The summed E-state index contributed by atoms with van der Waals surface area (Å²) in [5, 5.41) is 27.8. The highest BCUT2D eigenvalue weighted by Gasteiger charge is 2.19. The maximum Gasteiger partial charge on any atom is 0.295 e. The summed E-state index contributed by atoms with van der Waals surface area (Å²) in [7, 11) is -4.60. The molecule has 0 amide bonds. The van der Waals surface area contributed by atoms with E-state index in [-0.39, 0.29) is 71.6 Å². The van der Waals surface area contributed by atoms with E-state index in [1.54, 1.807) is 12.1 Å². The Kier molecular flexibility index (Phi) is 9.68. The van der Waals surface area contributed by atoms with Crippen LogP contribution < -0.4 is 19.9 Å². The van der Waals surface area contributed by atoms with Crippen LogP contribution in [0.4, 0.5) is 0 Å². The zero-order valence-corrected chi connectivity index (χ0v) is 19.4. The molecule has 0 unspecified atom stereocenters. The van der Waals surface area contributed by atoms with E-state index in [0.717, 1.165) is 6.07 Å². The van der Waals surface area contributed by atoms with Crippen molar-refractivity contribution in [2.75, 3.05) is 19.8 Å². The van der Waals surface area contributed by atoms with Gasteiger partial charge in [-0.2, -0.15) is 8.42 Å². The number of rotatable bonds is 10. The molecule has 11 nitrogen and oxygen atoms in total. The molecular formula is C24H18N4O7S. The van der Waals surface area contributed by atoms with Crippen LogP contribution in [0.1, 0.15) is 23.2 Å². The van der Waals surface area contributed by atoms with E-state index in [1.165, 1.54) is 30.3 Å². The van der Waals surface area contributed by atoms with Crippen molar-refractivity contribution < 1.29 is 32.3 Å². The Morgan fingerprint density at radius 3 is 1.97 bits per heavy atom. The number of aliphatic hydroxyl groups is 1. The van der Waals surface area contributed by atoms with Gasteiger partial charge in [0.15, 0.2) is 5.78 Å². The number of hydrogen-bond acceptors (Lipinski definition) is 8. The molecule has 0 aliphatic heterocycles. The second kappa shape index (κ2) is 12.7. The maximum atomic E-state index is 12.5. The summed E-state index contributed by atoms with van der Waals surface area (Å²) in [4.78, 5) is 18.3. The third kappa shape index (κ3) is 6.66. The highest BCUT2D eigenvalue weighted by Crippen LogP contribution is 2.18. The summed E-state index contributed by atoms with van der Waals surface area (Å²) in [6.45, 7) is 13.8. The molecule has 0 radical (unpaired) electrons. The van der Waals surface area contributed by atoms with E-state index in [0.29, 0.717) is 0 Å². The monoisotopic (exact) mass is 506 g/mol. The van der Waals surface area contributed by atoms with Crippen molar-refractivity contribution >= 4 is 27.3 Å². The van der Waals surface area contributed by atoms with Crippen LogP contribution in [-0.2, 0) is 10.1 Å². The quantitative estimate of drug-likeness (QED) is 0.210. The molecule has 0 fully saturated rings. The van der Waals surface area contributed by atoms with Crippen molar-refractivity contribution in [2.24, 2.45) is 0 Å². The first-order chi connectivity index (χ1) is 17.2. The lowest BCUT2D eigenvalue weighted by molar-refractivity contribution is 0.0970. The van der Waals surface area contributed by atoms with Gasteiger partial charge in [-0.15, -0.1) is 0 Å². The van der Waals surface area contributed by atoms with Crippen molar-refractivity contribution in [2.45, 2.75) is 17.7 Å². The van der Waals surface area contributed by atoms with Gasteiger partial charge in [0.1, 0.15) is 23.0 Å². The van der Waals surface area contributed by atoms with E-state index >= 15 is 0 Å². The number of carbonyl (C=O) groups excluding carboxylic acids is 1. The molecule has 0 aromatic heterocycles. The third-order valence-electron chi connectivity index (χ3n) is 4.65. The zero-order valence-electron chi connectivity index (χ0n) is 18.6. The van der Waals surface area contributed by atoms with Crippen molar-refractivity contribution in [3.63, 3.8) is 0 Å². The first-order valence-corrected chi connectivity index (χ1v) is 11.6. The minimum atomic E-state index is -4.60. The lowest BCUT2D eigenvalue weighted by Gasteiger charge is -2.12. The summed E-state index contributed by atoms with van der Waals surface area (Å²) in [6, 6.07) is 11.2. The van der Waals surface area contributed by atoms with Crippen LogP contribution in [0, 0.1) is 35.8 Å². The molecule has 0 aliphatic rings. The van der Waals surface area contributed by atoms with Gasteiger partial charge in [0.25, 0.3) is 21.5 Å². The predicted octanol–water partition coefficient (Wildman–Crippen LogP) is 1.45. The van der Waals surface area contributed by atoms with Gasteiger partial charge in [-0.05, 0) is 24.6 Å². The van der Waals surface area contributed by atoms with Gasteiger partial charge in [0.2, 0.25) is 0 Å². The molecule has 0 saturated carbocycles. The van der Waals surface area contributed by atoms with Gasteiger partial charge < -0.3 is 14.6 Å². The van der Waals surface area contributed by atoms with E-state index in [4.69, 9.17) is 27.7 Å². The molecule has 0 saturated heterocycles. The molecule has 0 spiro atoms. The number of ketones is 1. The normalized spacial score (nSPS) is 12.2. The summed E-state index contributed by atoms with van der Waals surface area (Å²) in [6.07, 6.45) is -0.0601. The number of ether oxygens (including phenoxy) is 2. The van der Waals surface area contributed by atoms with E-state index in [1.807, 2.05) is 0 Å². The lowest BCUT2D eigenvalue weighted by Crippen LogP contribution is -2.21. The van der Waals surface area contributed by atoms with Crippen LogP contribution >= 0.6 is 0 Å². The van der Waals surface area contributed by atoms with Crippen LogP contribution in [0.15, 0.2) is 41.3 Å². The van der Waals surface area contributed by atoms with Crippen LogP contribution in [0.3, 0.4) is 0 Å². The van der Waals surface area contributed by atoms with Crippen molar-refractivity contribution in [3.05, 3.63) is 75.2 Å². The topological polar surface area (TPSA) is 166 Å². The number of nitriles is 2. The van der Waals surface area contributed by atoms with Crippen molar-refractivity contribution in [1.82, 2.24) is 0 Å². The molecule has 182 valence electrons. The zero-order chi connectivity index (χ0) is 26.7. The number of aliphatic hydroxyl groups excluding tert-OH is 1. The molecule has 36 heavy (non-hydrogen) atoms. The molecule has 2 rings (SSSR count). The van der Waals surface area contributed by atoms with Crippen molar-refractivity contribution in [1.29, 1.82) is 10.5 Å². The maximum absolute atomic E-state index is 12.5. The fourth-order valence-corrected chi connectivity index (χ4v) is 3.80. The fourth-order valence-electron chi connectivity index (χ4n) is 3.09. The highest BCUT2D eigenvalue weighted by atomic mass is 32.2. The number of hydrogen-bond donors (Lipinski definition) is 2. The predicted molar refractivity (Wildman–Crippen MR) is 125 cm³/mol. The average Bonchev–Trinajstić information content (AvgIpc) is 2.87. The number of nitrogens with zero attached hydrogens (tertiary/aromatic N) is 4. The molecular weight excluding hydrogens is 488 g/mol. The Morgan fingerprint density at radius 1 is 0.972 bits per heavy atom. The van der Waals surface area contributed by atoms with Crippen LogP contribution in [0.2, 0.25) is 0 Å². The van der Waals surface area contributed by atoms with Crippen LogP contribution in [-0.4, -0.2) is 43.7 Å². The van der Waals surface area contributed by atoms with Gasteiger partial charge in [0, 0.05) is 22.4 Å². The molecule has 2 N–H and O–H groups in total. The highest BCUT2D eigenvalue weighted by molar-refractivity contribution is 7.86. The first kappa shape index (κ1) is 27.5. The number of Topliss-reactive ketones (excluding diaryl/α,β-unsaturated/α-hetero) is 1. The number of benzene rings is 2. The second-order valence-corrected chi connectivity index (χ2v) is 8.30. The SMILES string of the molecule is [C-]#[N+]/C(C#N)=c1/cc(OCCCC(=O)c2ccccc2S(=O)(=O)O)/c(=C(\C#N)[N+]#[C-])cc1OCCO. The summed E-state index contributed by atoms with van der Waals surface area (Å²) in [5.41, 5.74) is -0.880. The first-order valence-electron chi connectivity index (χ1n) is 10.2. The summed E-state index contributed by atoms with van der Waals surface area (Å²) < 4.78 is 43.4. The summed E-state index contributed by atoms with van der Waals surface area (Å²) in [5.74, 6) is -0.581. The van der Waals surface area contributed by atoms with E-state index in [9.17, 15) is 28.3 Å². The van der Waals surface area contributed by atoms with Gasteiger partial charge in [-0.25, -0.2) is 20.2 Å². The molecule has 0 atom stereocenters. The Labute approximate surface area is 206 Å². The molecule has 2 aromatic carbocycles. The molecule has 0 heterocycles. The number of carbonyl (C=O) groups is 1. The van der Waals surface area contributed by atoms with Crippen LogP contribution in [0.25, 0.3) is 21.1 Å². The Morgan fingerprint density at radius 2 is 1.50 bits per heavy atom. The minimum absolute atomic E-state index is 0.00709. The Hall–Kier alpha value is -4.72. The van der Waals surface area contributed by atoms with Gasteiger partial charge in [0.05, 0.1) is 38.5 Å². The van der Waals surface area contributed by atoms with Crippen LogP contribution in [0.5, 0.6) is 11.5 Å². The fraction of sp³-hybridized carbons (Fsp3) is 0.208. The average molecular weight is 506 g/mol. The van der Waals surface area contributed by atoms with Gasteiger partial charge in [-0.1, -0.05) is 18.2 Å². The third-order valence-corrected chi connectivity index (χ3v) is 5.56. The Balaban J connectivity index is 2.41. The van der Waals surface area contributed by atoms with E-state index < -0.39 is 20.8 Å². The molecule has 0 bridgehead atoms. The van der Waals surface area contributed by atoms with Crippen molar-refractivity contribution in [3.8, 4) is 23.6 Å².